The van der Waals surface area contributed by atoms with E-state index in [-0.39, 0.29) is 5.92 Å². The van der Waals surface area contributed by atoms with Gasteiger partial charge in [-0.3, -0.25) is 0 Å². The van der Waals surface area contributed by atoms with Gasteiger partial charge in [-0.15, -0.1) is 5.10 Å². The van der Waals surface area contributed by atoms with Gasteiger partial charge in [0.1, 0.15) is 0 Å². The first-order chi connectivity index (χ1) is 9.18. The molecule has 3 rings (SSSR count). The molecule has 1 aromatic heterocycles. The summed E-state index contributed by atoms with van der Waals surface area (Å²) in [5.74, 6) is 0.775. The Morgan fingerprint density at radius 2 is 1.79 bits per heavy atom. The van der Waals surface area contributed by atoms with E-state index in [1.807, 2.05) is 28.9 Å². The van der Waals surface area contributed by atoms with Crippen LogP contribution in [0.4, 0.5) is 5.82 Å². The third-order valence-corrected chi connectivity index (χ3v) is 3.27. The second kappa shape index (κ2) is 4.39. The lowest BCUT2D eigenvalue weighted by atomic mass is 10.1. The van der Waals surface area contributed by atoms with Gasteiger partial charge in [-0.25, -0.2) is 4.68 Å². The summed E-state index contributed by atoms with van der Waals surface area (Å²) in [6.45, 7) is 4.19. The highest BCUT2D eigenvalue weighted by Gasteiger charge is 2.16. The van der Waals surface area contributed by atoms with Crippen LogP contribution in [-0.2, 0) is 0 Å². The Bertz CT molecular complexity index is 723. The van der Waals surface area contributed by atoms with Crippen LogP contribution in [0.2, 0.25) is 0 Å². The maximum Gasteiger partial charge on any atom is 0.169 e. The molecule has 3 aromatic rings. The van der Waals surface area contributed by atoms with Crippen molar-refractivity contribution in [2.45, 2.75) is 19.8 Å². The van der Waals surface area contributed by atoms with E-state index in [4.69, 9.17) is 5.73 Å². The Balaban J connectivity index is 2.31. The van der Waals surface area contributed by atoms with Gasteiger partial charge < -0.3 is 5.73 Å². The third kappa shape index (κ3) is 1.85. The highest BCUT2D eigenvalue weighted by Crippen LogP contribution is 2.27. The fraction of sp³-hybridized carbons (Fsp3) is 0.200. The predicted octanol–water partition coefficient (Wildman–Crippen LogP) is 3.13. The van der Waals surface area contributed by atoms with Crippen molar-refractivity contribution in [1.29, 1.82) is 0 Å². The maximum atomic E-state index is 5.93. The smallest absolute Gasteiger partial charge is 0.169 e. The molecule has 0 bridgehead atoms. The average molecular weight is 252 g/mol. The molecular formula is C15H16N4. The van der Waals surface area contributed by atoms with Crippen LogP contribution in [-0.4, -0.2) is 15.0 Å². The van der Waals surface area contributed by atoms with E-state index in [2.05, 4.69) is 42.4 Å². The molecule has 96 valence electrons. The van der Waals surface area contributed by atoms with E-state index in [9.17, 15) is 0 Å². The highest BCUT2D eigenvalue weighted by molar-refractivity contribution is 5.90. The summed E-state index contributed by atoms with van der Waals surface area (Å²) in [4.78, 5) is 0. The van der Waals surface area contributed by atoms with Crippen molar-refractivity contribution in [3.8, 4) is 5.69 Å². The van der Waals surface area contributed by atoms with E-state index in [0.717, 1.165) is 16.8 Å². The molecule has 4 nitrogen and oxygen atoms in total. The second-order valence-electron chi connectivity index (χ2n) is 4.92. The Kier molecular flexibility index (Phi) is 2.71. The van der Waals surface area contributed by atoms with Crippen molar-refractivity contribution in [3.05, 3.63) is 48.2 Å². The maximum absolute atomic E-state index is 5.93. The fourth-order valence-corrected chi connectivity index (χ4v) is 2.41. The molecule has 4 heteroatoms. The molecule has 0 atom stereocenters. The van der Waals surface area contributed by atoms with Gasteiger partial charge in [0.05, 0.1) is 11.4 Å². The number of fused-ring (bicyclic) bond motifs is 1. The minimum Gasteiger partial charge on any atom is -0.381 e. The summed E-state index contributed by atoms with van der Waals surface area (Å²) in [7, 11) is 0. The summed E-state index contributed by atoms with van der Waals surface area (Å²) in [5.41, 5.74) is 7.90. The lowest BCUT2D eigenvalue weighted by Crippen LogP contribution is -2.06. The predicted molar refractivity (Wildman–Crippen MR) is 77.4 cm³/mol. The Hall–Kier alpha value is -2.36. The molecule has 19 heavy (non-hydrogen) atoms. The molecule has 0 unspecified atom stereocenters. The number of benzene rings is 2. The molecule has 0 amide bonds. The molecule has 0 saturated carbocycles. The first-order valence-corrected chi connectivity index (χ1v) is 6.37. The van der Waals surface area contributed by atoms with Gasteiger partial charge >= 0.3 is 0 Å². The van der Waals surface area contributed by atoms with Gasteiger partial charge in [-0.05, 0) is 17.4 Å². The second-order valence-corrected chi connectivity index (χ2v) is 4.92. The van der Waals surface area contributed by atoms with Crippen molar-refractivity contribution in [1.82, 2.24) is 15.0 Å². The van der Waals surface area contributed by atoms with Crippen LogP contribution < -0.4 is 5.73 Å². The minimum absolute atomic E-state index is 0.272. The number of hydrogen-bond donors (Lipinski definition) is 1. The highest BCUT2D eigenvalue weighted by atomic mass is 15.4. The molecule has 0 saturated heterocycles. The van der Waals surface area contributed by atoms with Crippen molar-refractivity contribution in [2.75, 3.05) is 5.73 Å². The monoisotopic (exact) mass is 252 g/mol. The largest absolute Gasteiger partial charge is 0.381 e. The van der Waals surface area contributed by atoms with Gasteiger partial charge in [-0.1, -0.05) is 55.5 Å². The van der Waals surface area contributed by atoms with E-state index in [1.165, 1.54) is 5.39 Å². The minimum atomic E-state index is 0.272. The Morgan fingerprint density at radius 3 is 2.58 bits per heavy atom. The first kappa shape index (κ1) is 11.7. The van der Waals surface area contributed by atoms with Crippen molar-refractivity contribution < 1.29 is 0 Å². The van der Waals surface area contributed by atoms with Crippen LogP contribution in [0.25, 0.3) is 16.5 Å². The Labute approximate surface area is 111 Å². The normalized spacial score (nSPS) is 11.3. The number of aromatic nitrogens is 3. The fourth-order valence-electron chi connectivity index (χ4n) is 2.41. The number of hydrogen-bond acceptors (Lipinski definition) is 3. The van der Waals surface area contributed by atoms with Gasteiger partial charge in [0, 0.05) is 5.39 Å². The van der Waals surface area contributed by atoms with E-state index in [0.29, 0.717) is 5.82 Å². The van der Waals surface area contributed by atoms with Gasteiger partial charge in [-0.2, -0.15) is 0 Å². The van der Waals surface area contributed by atoms with Crippen molar-refractivity contribution in [2.24, 2.45) is 0 Å². The third-order valence-electron chi connectivity index (χ3n) is 3.27. The number of nitrogens with two attached hydrogens (primary N) is 1. The summed E-state index contributed by atoms with van der Waals surface area (Å²) in [5, 5.41) is 10.5. The number of anilines is 1. The van der Waals surface area contributed by atoms with Crippen LogP contribution in [0.5, 0.6) is 0 Å². The van der Waals surface area contributed by atoms with Gasteiger partial charge in [0.15, 0.2) is 5.82 Å². The number of nitrogen functional groups attached to an aromatic ring is 1. The molecular weight excluding hydrogens is 236 g/mol. The van der Waals surface area contributed by atoms with E-state index in [1.54, 1.807) is 0 Å². The van der Waals surface area contributed by atoms with Crippen molar-refractivity contribution in [3.63, 3.8) is 0 Å². The van der Waals surface area contributed by atoms with Crippen LogP contribution >= 0.6 is 0 Å². The van der Waals surface area contributed by atoms with Crippen LogP contribution in [0, 0.1) is 0 Å². The number of rotatable bonds is 2. The van der Waals surface area contributed by atoms with Gasteiger partial charge in [0.25, 0.3) is 0 Å². The summed E-state index contributed by atoms with van der Waals surface area (Å²) in [6, 6.07) is 14.4. The van der Waals surface area contributed by atoms with Gasteiger partial charge in [0.2, 0.25) is 0 Å². The zero-order valence-electron chi connectivity index (χ0n) is 11.0. The number of nitrogens with zero attached hydrogens (tertiary/aromatic N) is 3. The lowest BCUT2D eigenvalue weighted by molar-refractivity contribution is 0.719. The molecule has 0 fully saturated rings. The topological polar surface area (TPSA) is 56.7 Å². The van der Waals surface area contributed by atoms with E-state index < -0.39 is 0 Å². The molecule has 2 N–H and O–H groups in total. The zero-order valence-corrected chi connectivity index (χ0v) is 11.0. The molecule has 2 aromatic carbocycles. The van der Waals surface area contributed by atoms with E-state index >= 15 is 0 Å². The average Bonchev–Trinajstić information content (AvgIpc) is 2.80. The summed E-state index contributed by atoms with van der Waals surface area (Å²) >= 11 is 0. The molecule has 0 radical (unpaired) electrons. The molecule has 0 aliphatic carbocycles. The molecule has 0 aliphatic heterocycles. The molecule has 0 aliphatic rings. The van der Waals surface area contributed by atoms with Crippen molar-refractivity contribution >= 4 is 16.6 Å². The molecule has 0 spiro atoms. The summed E-state index contributed by atoms with van der Waals surface area (Å²) < 4.78 is 1.85. The standard InChI is InChI=1S/C15H16N4/c1-10(2)14-15(16)17-18-19(14)13-9-5-7-11-6-3-4-8-12(11)13/h3-10H,16H2,1-2H3. The van der Waals surface area contributed by atoms with Crippen LogP contribution in [0.1, 0.15) is 25.5 Å². The Morgan fingerprint density at radius 1 is 1.05 bits per heavy atom. The quantitative estimate of drug-likeness (QED) is 0.762. The summed E-state index contributed by atoms with van der Waals surface area (Å²) in [6.07, 6.45) is 0. The van der Waals surface area contributed by atoms with Crippen LogP contribution in [0.3, 0.4) is 0 Å². The van der Waals surface area contributed by atoms with Crippen LogP contribution in [0.15, 0.2) is 42.5 Å². The molecule has 1 heterocycles. The SMILES string of the molecule is CC(C)c1c(N)nnn1-c1cccc2ccccc12. The first-order valence-electron chi connectivity index (χ1n) is 6.37. The zero-order chi connectivity index (χ0) is 13.4. The lowest BCUT2D eigenvalue weighted by Gasteiger charge is -2.11.